The largest absolute Gasteiger partial charge is 0.396 e. The third-order valence-corrected chi connectivity index (χ3v) is 3.54. The molecule has 0 aromatic carbocycles. The normalized spacial score (nSPS) is 13.1. The van der Waals surface area contributed by atoms with Gasteiger partial charge in [0.25, 0.3) is 0 Å². The quantitative estimate of drug-likeness (QED) is 0.802. The van der Waals surface area contributed by atoms with Crippen LogP contribution in [0.1, 0.15) is 25.5 Å². The molecule has 1 heterocycles. The van der Waals surface area contributed by atoms with Crippen molar-refractivity contribution in [1.29, 1.82) is 0 Å². The van der Waals surface area contributed by atoms with Crippen LogP contribution in [0.4, 0.5) is 0 Å². The Balaban J connectivity index is 2.43. The smallest absolute Gasteiger partial charge is 0.143 e. The highest BCUT2D eigenvalue weighted by atomic mass is 32.2. The SMILES string of the molecule is CCn1c(C)nnc1CSCC(C)CO. The number of aryl methyl sites for hydroxylation is 1. The molecule has 0 aliphatic rings. The van der Waals surface area contributed by atoms with Crippen LogP contribution in [-0.2, 0) is 12.3 Å². The Morgan fingerprint density at radius 2 is 2.20 bits per heavy atom. The molecule has 0 fully saturated rings. The molecule has 0 saturated carbocycles. The molecule has 0 radical (unpaired) electrons. The van der Waals surface area contributed by atoms with Crippen molar-refractivity contribution in [1.82, 2.24) is 14.8 Å². The summed E-state index contributed by atoms with van der Waals surface area (Å²) < 4.78 is 2.12. The Bertz CT molecular complexity index is 301. The molecule has 1 rings (SSSR count). The highest BCUT2D eigenvalue weighted by molar-refractivity contribution is 7.98. The zero-order chi connectivity index (χ0) is 11.3. The zero-order valence-electron chi connectivity index (χ0n) is 9.60. The van der Waals surface area contributed by atoms with Gasteiger partial charge in [-0.25, -0.2) is 0 Å². The van der Waals surface area contributed by atoms with Gasteiger partial charge in [0.05, 0.1) is 5.75 Å². The van der Waals surface area contributed by atoms with Crippen LogP contribution in [0.15, 0.2) is 0 Å². The van der Waals surface area contributed by atoms with Gasteiger partial charge in [-0.15, -0.1) is 10.2 Å². The molecule has 0 amide bonds. The van der Waals surface area contributed by atoms with Gasteiger partial charge in [-0.05, 0) is 25.5 Å². The summed E-state index contributed by atoms with van der Waals surface area (Å²) in [6, 6.07) is 0. The van der Waals surface area contributed by atoms with E-state index in [4.69, 9.17) is 5.11 Å². The van der Waals surface area contributed by atoms with E-state index in [0.717, 1.165) is 29.7 Å². The molecule has 1 unspecified atom stereocenters. The van der Waals surface area contributed by atoms with Crippen molar-refractivity contribution < 1.29 is 5.11 Å². The molecule has 0 spiro atoms. The lowest BCUT2D eigenvalue weighted by molar-refractivity contribution is 0.250. The molecule has 1 aromatic rings. The number of nitrogens with zero attached hydrogens (tertiary/aromatic N) is 3. The summed E-state index contributed by atoms with van der Waals surface area (Å²) in [5.41, 5.74) is 0. The van der Waals surface area contributed by atoms with E-state index >= 15 is 0 Å². The Morgan fingerprint density at radius 3 is 2.80 bits per heavy atom. The van der Waals surface area contributed by atoms with Gasteiger partial charge in [-0.1, -0.05) is 6.92 Å². The molecular weight excluding hydrogens is 210 g/mol. The first-order valence-corrected chi connectivity index (χ1v) is 6.41. The van der Waals surface area contributed by atoms with Crippen LogP contribution in [-0.4, -0.2) is 32.2 Å². The van der Waals surface area contributed by atoms with Crippen LogP contribution in [0.25, 0.3) is 0 Å². The standard InChI is InChI=1S/C10H19N3OS/c1-4-13-9(3)11-12-10(13)7-15-6-8(2)5-14/h8,14H,4-7H2,1-3H3. The molecule has 0 bridgehead atoms. The maximum Gasteiger partial charge on any atom is 0.143 e. The van der Waals surface area contributed by atoms with E-state index in [9.17, 15) is 0 Å². The number of hydrogen-bond donors (Lipinski definition) is 1. The summed E-state index contributed by atoms with van der Waals surface area (Å²) in [4.78, 5) is 0. The van der Waals surface area contributed by atoms with Gasteiger partial charge in [0, 0.05) is 13.2 Å². The summed E-state index contributed by atoms with van der Waals surface area (Å²) in [5, 5.41) is 17.1. The summed E-state index contributed by atoms with van der Waals surface area (Å²) >= 11 is 1.80. The van der Waals surface area contributed by atoms with Crippen LogP contribution >= 0.6 is 11.8 Å². The molecule has 4 nitrogen and oxygen atoms in total. The minimum absolute atomic E-state index is 0.256. The van der Waals surface area contributed by atoms with E-state index in [1.807, 2.05) is 13.8 Å². The summed E-state index contributed by atoms with van der Waals surface area (Å²) in [6.45, 7) is 7.29. The minimum atomic E-state index is 0.256. The minimum Gasteiger partial charge on any atom is -0.396 e. The third kappa shape index (κ3) is 3.50. The molecule has 5 heteroatoms. The Labute approximate surface area is 95.1 Å². The van der Waals surface area contributed by atoms with E-state index in [2.05, 4.69) is 21.7 Å². The van der Waals surface area contributed by atoms with Crippen LogP contribution < -0.4 is 0 Å². The van der Waals surface area contributed by atoms with Crippen molar-refractivity contribution in [2.75, 3.05) is 12.4 Å². The number of aliphatic hydroxyl groups is 1. The van der Waals surface area contributed by atoms with E-state index in [-0.39, 0.29) is 6.61 Å². The fourth-order valence-corrected chi connectivity index (χ4v) is 2.37. The molecule has 0 aliphatic heterocycles. The molecule has 15 heavy (non-hydrogen) atoms. The van der Waals surface area contributed by atoms with Gasteiger partial charge >= 0.3 is 0 Å². The lowest BCUT2D eigenvalue weighted by atomic mass is 10.2. The second-order valence-electron chi connectivity index (χ2n) is 3.71. The lowest BCUT2D eigenvalue weighted by Gasteiger charge is -2.07. The summed E-state index contributed by atoms with van der Waals surface area (Å²) in [6.07, 6.45) is 0. The van der Waals surface area contributed by atoms with Gasteiger partial charge < -0.3 is 9.67 Å². The summed E-state index contributed by atoms with van der Waals surface area (Å²) in [7, 11) is 0. The maximum atomic E-state index is 8.89. The van der Waals surface area contributed by atoms with E-state index < -0.39 is 0 Å². The van der Waals surface area contributed by atoms with Crippen LogP contribution in [0, 0.1) is 12.8 Å². The molecule has 1 aromatic heterocycles. The highest BCUT2D eigenvalue weighted by Crippen LogP contribution is 2.14. The fraction of sp³-hybridized carbons (Fsp3) is 0.800. The van der Waals surface area contributed by atoms with Gasteiger partial charge in [0.1, 0.15) is 11.6 Å². The van der Waals surface area contributed by atoms with Gasteiger partial charge in [0.15, 0.2) is 0 Å². The molecule has 1 atom stereocenters. The highest BCUT2D eigenvalue weighted by Gasteiger charge is 2.07. The van der Waals surface area contributed by atoms with Gasteiger partial charge in [-0.3, -0.25) is 0 Å². The molecule has 0 aliphatic carbocycles. The number of hydrogen-bond acceptors (Lipinski definition) is 4. The average molecular weight is 229 g/mol. The molecule has 86 valence electrons. The Morgan fingerprint density at radius 1 is 1.47 bits per heavy atom. The average Bonchev–Trinajstić information content (AvgIpc) is 2.59. The van der Waals surface area contributed by atoms with Crippen molar-refractivity contribution >= 4 is 11.8 Å². The fourth-order valence-electron chi connectivity index (χ4n) is 1.35. The number of aliphatic hydroxyl groups excluding tert-OH is 1. The maximum absolute atomic E-state index is 8.89. The van der Waals surface area contributed by atoms with Crippen molar-refractivity contribution in [3.05, 3.63) is 11.6 Å². The van der Waals surface area contributed by atoms with Gasteiger partial charge in [-0.2, -0.15) is 11.8 Å². The van der Waals surface area contributed by atoms with E-state index in [1.54, 1.807) is 11.8 Å². The first kappa shape index (κ1) is 12.5. The van der Waals surface area contributed by atoms with Crippen LogP contribution in [0.5, 0.6) is 0 Å². The number of thioether (sulfide) groups is 1. The lowest BCUT2D eigenvalue weighted by Crippen LogP contribution is -2.06. The number of aromatic nitrogens is 3. The van der Waals surface area contributed by atoms with Crippen molar-refractivity contribution in [3.8, 4) is 0 Å². The first-order valence-electron chi connectivity index (χ1n) is 5.26. The zero-order valence-corrected chi connectivity index (χ0v) is 10.4. The monoisotopic (exact) mass is 229 g/mol. The molecule has 1 N–H and O–H groups in total. The van der Waals surface area contributed by atoms with E-state index in [1.165, 1.54) is 0 Å². The predicted molar refractivity (Wildman–Crippen MR) is 62.8 cm³/mol. The molecule has 0 saturated heterocycles. The second kappa shape index (κ2) is 6.12. The third-order valence-electron chi connectivity index (χ3n) is 2.27. The van der Waals surface area contributed by atoms with Gasteiger partial charge in [0.2, 0.25) is 0 Å². The Kier molecular flexibility index (Phi) is 5.11. The summed E-state index contributed by atoms with van der Waals surface area (Å²) in [5.74, 6) is 4.20. The topological polar surface area (TPSA) is 50.9 Å². The van der Waals surface area contributed by atoms with E-state index in [0.29, 0.717) is 5.92 Å². The first-order chi connectivity index (χ1) is 7.19. The second-order valence-corrected chi connectivity index (χ2v) is 4.74. The van der Waals surface area contributed by atoms with Crippen molar-refractivity contribution in [2.24, 2.45) is 5.92 Å². The van der Waals surface area contributed by atoms with Crippen LogP contribution in [0.3, 0.4) is 0 Å². The van der Waals surface area contributed by atoms with Crippen molar-refractivity contribution in [3.63, 3.8) is 0 Å². The molecular formula is C10H19N3OS. The Hall–Kier alpha value is -0.550. The van der Waals surface area contributed by atoms with Crippen molar-refractivity contribution in [2.45, 2.75) is 33.1 Å². The van der Waals surface area contributed by atoms with Crippen LogP contribution in [0.2, 0.25) is 0 Å². The predicted octanol–water partition coefficient (Wildman–Crippen LogP) is 1.47. The number of rotatable bonds is 6.